The Hall–Kier alpha value is -2.05. The van der Waals surface area contributed by atoms with Crippen LogP contribution in [-0.4, -0.2) is 60.8 Å². The standard InChI is InChI=1S/C18H23ClN4O2/c1-2-22-9-11-23(12-10-22)17-18(21-8-7-20-17)25-14-13-24-16-6-4-3-5-15(16)19/h3-8H,2,9-14H2,1H3. The van der Waals surface area contributed by atoms with E-state index in [1.165, 1.54) is 0 Å². The molecule has 1 aromatic carbocycles. The molecule has 0 spiro atoms. The average Bonchev–Trinajstić information content (AvgIpc) is 2.67. The molecule has 1 aliphatic heterocycles. The van der Waals surface area contributed by atoms with Gasteiger partial charge in [-0.2, -0.15) is 0 Å². The number of para-hydroxylation sites is 1. The van der Waals surface area contributed by atoms with Crippen molar-refractivity contribution in [3.05, 3.63) is 41.7 Å². The normalized spacial score (nSPS) is 15.2. The van der Waals surface area contributed by atoms with E-state index in [4.69, 9.17) is 21.1 Å². The lowest BCUT2D eigenvalue weighted by Crippen LogP contribution is -2.46. The topological polar surface area (TPSA) is 50.7 Å². The van der Waals surface area contributed by atoms with E-state index in [2.05, 4.69) is 26.7 Å². The van der Waals surface area contributed by atoms with E-state index in [9.17, 15) is 0 Å². The fourth-order valence-corrected chi connectivity index (χ4v) is 2.95. The van der Waals surface area contributed by atoms with Gasteiger partial charge in [0.1, 0.15) is 19.0 Å². The second kappa shape index (κ2) is 8.87. The summed E-state index contributed by atoms with van der Waals surface area (Å²) in [7, 11) is 0. The molecule has 1 saturated heterocycles. The quantitative estimate of drug-likeness (QED) is 0.706. The molecular formula is C18H23ClN4O2. The number of ether oxygens (including phenoxy) is 2. The second-order valence-corrected chi connectivity index (χ2v) is 6.14. The molecule has 2 heterocycles. The Morgan fingerprint density at radius 2 is 1.72 bits per heavy atom. The van der Waals surface area contributed by atoms with E-state index in [0.717, 1.165) is 38.5 Å². The SMILES string of the molecule is CCN1CCN(c2nccnc2OCCOc2ccccc2Cl)CC1. The lowest BCUT2D eigenvalue weighted by molar-refractivity contribution is 0.210. The fraction of sp³-hybridized carbons (Fsp3) is 0.444. The first kappa shape index (κ1) is 17.8. The van der Waals surface area contributed by atoms with E-state index in [1.807, 2.05) is 18.2 Å². The third kappa shape index (κ3) is 4.74. The van der Waals surface area contributed by atoms with Crippen molar-refractivity contribution >= 4 is 17.4 Å². The Bertz CT molecular complexity index is 678. The van der Waals surface area contributed by atoms with Gasteiger partial charge < -0.3 is 19.3 Å². The third-order valence-corrected chi connectivity index (χ3v) is 4.49. The van der Waals surface area contributed by atoms with E-state index >= 15 is 0 Å². The van der Waals surface area contributed by atoms with Crippen molar-refractivity contribution < 1.29 is 9.47 Å². The maximum absolute atomic E-state index is 6.07. The first-order chi connectivity index (χ1) is 12.3. The molecule has 0 aliphatic carbocycles. The minimum absolute atomic E-state index is 0.381. The highest BCUT2D eigenvalue weighted by molar-refractivity contribution is 6.32. The summed E-state index contributed by atoms with van der Waals surface area (Å²) >= 11 is 6.07. The zero-order valence-corrected chi connectivity index (χ0v) is 15.2. The number of nitrogens with zero attached hydrogens (tertiary/aromatic N) is 4. The fourth-order valence-electron chi connectivity index (χ4n) is 2.76. The van der Waals surface area contributed by atoms with Crippen LogP contribution >= 0.6 is 11.6 Å². The zero-order chi connectivity index (χ0) is 17.5. The molecule has 0 saturated carbocycles. The molecule has 1 aliphatic rings. The van der Waals surface area contributed by atoms with Crippen LogP contribution < -0.4 is 14.4 Å². The second-order valence-electron chi connectivity index (χ2n) is 5.73. The summed E-state index contributed by atoms with van der Waals surface area (Å²) in [5.74, 6) is 2.01. The maximum atomic E-state index is 6.07. The van der Waals surface area contributed by atoms with Gasteiger partial charge in [0.05, 0.1) is 5.02 Å². The van der Waals surface area contributed by atoms with Gasteiger partial charge in [-0.3, -0.25) is 0 Å². The van der Waals surface area contributed by atoms with Crippen LogP contribution in [0.1, 0.15) is 6.92 Å². The molecule has 7 heteroatoms. The van der Waals surface area contributed by atoms with Crippen LogP contribution in [0, 0.1) is 0 Å². The molecule has 25 heavy (non-hydrogen) atoms. The van der Waals surface area contributed by atoms with Crippen LogP contribution in [0.2, 0.25) is 5.02 Å². The molecule has 0 bridgehead atoms. The molecule has 0 atom stereocenters. The lowest BCUT2D eigenvalue weighted by atomic mass is 10.3. The summed E-state index contributed by atoms with van der Waals surface area (Å²) in [6.07, 6.45) is 3.35. The number of hydrogen-bond donors (Lipinski definition) is 0. The van der Waals surface area contributed by atoms with Gasteiger partial charge in [0.2, 0.25) is 0 Å². The Balaban J connectivity index is 1.54. The third-order valence-electron chi connectivity index (χ3n) is 4.18. The van der Waals surface area contributed by atoms with Crippen LogP contribution in [0.3, 0.4) is 0 Å². The molecule has 2 aromatic rings. The van der Waals surface area contributed by atoms with Gasteiger partial charge in [0, 0.05) is 38.6 Å². The molecule has 0 unspecified atom stereocenters. The maximum Gasteiger partial charge on any atom is 0.257 e. The molecule has 134 valence electrons. The van der Waals surface area contributed by atoms with Crippen LogP contribution in [0.25, 0.3) is 0 Å². The van der Waals surface area contributed by atoms with Gasteiger partial charge in [-0.1, -0.05) is 30.7 Å². The van der Waals surface area contributed by atoms with Gasteiger partial charge in [-0.05, 0) is 18.7 Å². The zero-order valence-electron chi connectivity index (χ0n) is 14.4. The highest BCUT2D eigenvalue weighted by Crippen LogP contribution is 2.25. The number of likely N-dealkylation sites (N-methyl/N-ethyl adjacent to an activating group) is 1. The largest absolute Gasteiger partial charge is 0.488 e. The summed E-state index contributed by atoms with van der Waals surface area (Å²) < 4.78 is 11.5. The molecule has 6 nitrogen and oxygen atoms in total. The average molecular weight is 363 g/mol. The Morgan fingerprint density at radius 1 is 1.00 bits per heavy atom. The first-order valence-electron chi connectivity index (χ1n) is 8.56. The molecule has 0 N–H and O–H groups in total. The summed E-state index contributed by atoms with van der Waals surface area (Å²) in [4.78, 5) is 13.4. The van der Waals surface area contributed by atoms with E-state index in [1.54, 1.807) is 18.5 Å². The van der Waals surface area contributed by atoms with Crippen molar-refractivity contribution in [2.45, 2.75) is 6.92 Å². The van der Waals surface area contributed by atoms with Crippen molar-refractivity contribution in [1.82, 2.24) is 14.9 Å². The Labute approximate surface area is 153 Å². The monoisotopic (exact) mass is 362 g/mol. The molecule has 1 fully saturated rings. The summed E-state index contributed by atoms with van der Waals surface area (Å²) in [5, 5.41) is 0.594. The lowest BCUT2D eigenvalue weighted by Gasteiger charge is -2.34. The Kier molecular flexibility index (Phi) is 6.30. The number of rotatable bonds is 7. The molecule has 1 aromatic heterocycles. The van der Waals surface area contributed by atoms with Gasteiger partial charge in [-0.15, -0.1) is 0 Å². The Morgan fingerprint density at radius 3 is 2.48 bits per heavy atom. The van der Waals surface area contributed by atoms with Gasteiger partial charge in [0.25, 0.3) is 5.88 Å². The smallest absolute Gasteiger partial charge is 0.257 e. The minimum atomic E-state index is 0.381. The van der Waals surface area contributed by atoms with Gasteiger partial charge >= 0.3 is 0 Å². The van der Waals surface area contributed by atoms with Crippen molar-refractivity contribution in [2.75, 3.05) is 50.8 Å². The summed E-state index contributed by atoms with van der Waals surface area (Å²) in [6, 6.07) is 7.40. The van der Waals surface area contributed by atoms with Gasteiger partial charge in [-0.25, -0.2) is 9.97 Å². The predicted molar refractivity (Wildman–Crippen MR) is 98.8 cm³/mol. The highest BCUT2D eigenvalue weighted by atomic mass is 35.5. The van der Waals surface area contributed by atoms with Crippen LogP contribution in [0.5, 0.6) is 11.6 Å². The first-order valence-corrected chi connectivity index (χ1v) is 8.94. The number of anilines is 1. The predicted octanol–water partition coefficient (Wildman–Crippen LogP) is 2.73. The molecule has 3 rings (SSSR count). The number of halogens is 1. The highest BCUT2D eigenvalue weighted by Gasteiger charge is 2.20. The number of benzene rings is 1. The van der Waals surface area contributed by atoms with Gasteiger partial charge in [0.15, 0.2) is 5.82 Å². The molecular weight excluding hydrogens is 340 g/mol. The molecule has 0 radical (unpaired) electrons. The molecule has 0 amide bonds. The number of aromatic nitrogens is 2. The van der Waals surface area contributed by atoms with E-state index < -0.39 is 0 Å². The van der Waals surface area contributed by atoms with Crippen molar-refractivity contribution in [2.24, 2.45) is 0 Å². The summed E-state index contributed by atoms with van der Waals surface area (Å²) in [6.45, 7) is 7.96. The van der Waals surface area contributed by atoms with Crippen LogP contribution in [-0.2, 0) is 0 Å². The van der Waals surface area contributed by atoms with Crippen molar-refractivity contribution in [3.63, 3.8) is 0 Å². The van der Waals surface area contributed by atoms with E-state index in [0.29, 0.717) is 29.9 Å². The van der Waals surface area contributed by atoms with Crippen molar-refractivity contribution in [1.29, 1.82) is 0 Å². The number of hydrogen-bond acceptors (Lipinski definition) is 6. The summed E-state index contributed by atoms with van der Waals surface area (Å²) in [5.41, 5.74) is 0. The van der Waals surface area contributed by atoms with Crippen LogP contribution in [0.15, 0.2) is 36.7 Å². The van der Waals surface area contributed by atoms with E-state index in [-0.39, 0.29) is 0 Å². The number of piperazine rings is 1. The van der Waals surface area contributed by atoms with Crippen LogP contribution in [0.4, 0.5) is 5.82 Å². The van der Waals surface area contributed by atoms with Crippen molar-refractivity contribution in [3.8, 4) is 11.6 Å². The minimum Gasteiger partial charge on any atom is -0.488 e.